The first-order valence-electron chi connectivity index (χ1n) is 16.0. The Kier molecular flexibility index (Phi) is 8.27. The summed E-state index contributed by atoms with van der Waals surface area (Å²) in [6, 6.07) is 27.1. The quantitative estimate of drug-likeness (QED) is 0.144. The van der Waals surface area contributed by atoms with Crippen LogP contribution < -0.4 is 19.4 Å². The number of rotatable bonds is 9. The lowest BCUT2D eigenvalue weighted by molar-refractivity contribution is 0.301. The molecule has 0 amide bonds. The van der Waals surface area contributed by atoms with Crippen LogP contribution in [0.3, 0.4) is 0 Å². The number of hydrogen-bond donors (Lipinski definition) is 0. The molecule has 0 aliphatic carbocycles. The van der Waals surface area contributed by atoms with E-state index >= 15 is 0 Å². The summed E-state index contributed by atoms with van der Waals surface area (Å²) in [6.07, 6.45) is 6.98. The van der Waals surface area contributed by atoms with Gasteiger partial charge in [0.25, 0.3) is 10.1 Å². The molecular formula is C37H29ClN6O5S. The molecule has 0 spiro atoms. The first-order valence-corrected chi connectivity index (χ1v) is 17.8. The molecule has 4 aromatic carbocycles. The van der Waals surface area contributed by atoms with Crippen LogP contribution in [0.25, 0.3) is 11.4 Å². The van der Waals surface area contributed by atoms with E-state index in [0.29, 0.717) is 62.9 Å². The number of halogens is 1. The number of fused-ring (bicyclic) bond motifs is 4. The topological polar surface area (TPSA) is 120 Å². The first kappa shape index (κ1) is 31.7. The number of nitrogens with zero attached hydrogens (tertiary/aromatic N) is 6. The van der Waals surface area contributed by atoms with Crippen molar-refractivity contribution in [3.63, 3.8) is 0 Å². The van der Waals surface area contributed by atoms with Crippen LogP contribution in [0.2, 0.25) is 5.02 Å². The molecule has 0 fully saturated rings. The highest BCUT2D eigenvalue weighted by Crippen LogP contribution is 2.53. The molecule has 1 unspecified atom stereocenters. The van der Waals surface area contributed by atoms with Gasteiger partial charge in [0.1, 0.15) is 22.4 Å². The highest BCUT2D eigenvalue weighted by atomic mass is 35.5. The van der Waals surface area contributed by atoms with E-state index in [0.717, 1.165) is 11.3 Å². The minimum Gasteiger partial charge on any atom is -0.453 e. The summed E-state index contributed by atoms with van der Waals surface area (Å²) in [5, 5.41) is 0.541. The van der Waals surface area contributed by atoms with Crippen molar-refractivity contribution >= 4 is 44.5 Å². The summed E-state index contributed by atoms with van der Waals surface area (Å²) < 4.78 is 48.2. The van der Waals surface area contributed by atoms with Crippen molar-refractivity contribution in [2.45, 2.75) is 25.0 Å². The van der Waals surface area contributed by atoms with Gasteiger partial charge in [-0.05, 0) is 79.1 Å². The van der Waals surface area contributed by atoms with Gasteiger partial charge in [-0.1, -0.05) is 48.9 Å². The Bertz CT molecular complexity index is 2310. The summed E-state index contributed by atoms with van der Waals surface area (Å²) in [4.78, 5) is 19.8. The van der Waals surface area contributed by atoms with Crippen LogP contribution in [0.5, 0.6) is 23.0 Å². The second kappa shape index (κ2) is 13.0. The maximum Gasteiger partial charge on any atom is 0.298 e. The normalized spacial score (nSPS) is 13.6. The van der Waals surface area contributed by atoms with Crippen molar-refractivity contribution in [1.29, 1.82) is 0 Å². The molecule has 13 heteroatoms. The summed E-state index contributed by atoms with van der Waals surface area (Å²) in [7, 11) is -4.52. The smallest absolute Gasteiger partial charge is 0.298 e. The molecule has 50 heavy (non-hydrogen) atoms. The van der Waals surface area contributed by atoms with Crippen LogP contribution in [0.15, 0.2) is 116 Å². The SMILES string of the molecule is CCc1ccc2c(c1-c1ncccn1)N(OS(=O)(=O)C(CCN1c3ccccc3Oc3ccc(Cl)cc31)c1ncccn1)c1ccccc1O2. The van der Waals surface area contributed by atoms with Gasteiger partial charge in [0.2, 0.25) is 0 Å². The molecule has 0 radical (unpaired) electrons. The number of ether oxygens (including phenoxy) is 2. The molecule has 0 bridgehead atoms. The van der Waals surface area contributed by atoms with Crippen molar-refractivity contribution in [2.75, 3.05) is 16.5 Å². The van der Waals surface area contributed by atoms with Crippen LogP contribution in [0, 0.1) is 0 Å². The van der Waals surface area contributed by atoms with Crippen LogP contribution >= 0.6 is 11.6 Å². The van der Waals surface area contributed by atoms with Gasteiger partial charge >= 0.3 is 0 Å². The summed E-state index contributed by atoms with van der Waals surface area (Å²) in [5.74, 6) is 2.55. The molecule has 4 heterocycles. The maximum absolute atomic E-state index is 14.8. The van der Waals surface area contributed by atoms with E-state index in [-0.39, 0.29) is 18.8 Å². The zero-order chi connectivity index (χ0) is 34.2. The number of anilines is 4. The van der Waals surface area contributed by atoms with E-state index in [1.54, 1.807) is 67.0 Å². The van der Waals surface area contributed by atoms with Gasteiger partial charge in [0.15, 0.2) is 28.8 Å². The lowest BCUT2D eigenvalue weighted by Gasteiger charge is -2.35. The minimum absolute atomic E-state index is 0.0507. The van der Waals surface area contributed by atoms with Crippen molar-refractivity contribution in [3.8, 4) is 34.4 Å². The first-order chi connectivity index (χ1) is 24.4. The van der Waals surface area contributed by atoms with E-state index < -0.39 is 15.4 Å². The molecule has 250 valence electrons. The van der Waals surface area contributed by atoms with E-state index in [4.69, 9.17) is 25.4 Å². The third kappa shape index (κ3) is 5.76. The fourth-order valence-corrected chi connectivity index (χ4v) is 7.63. The fraction of sp³-hybridized carbons (Fsp3) is 0.135. The summed E-state index contributed by atoms with van der Waals surface area (Å²) in [6.45, 7) is 2.24. The van der Waals surface area contributed by atoms with E-state index in [9.17, 15) is 8.42 Å². The molecule has 8 rings (SSSR count). The molecule has 11 nitrogen and oxygen atoms in total. The number of benzene rings is 4. The fourth-order valence-electron chi connectivity index (χ4n) is 6.22. The zero-order valence-corrected chi connectivity index (χ0v) is 28.3. The van der Waals surface area contributed by atoms with Crippen LogP contribution in [0.1, 0.15) is 30.0 Å². The molecule has 1 atom stereocenters. The maximum atomic E-state index is 14.8. The Morgan fingerprint density at radius 2 is 1.36 bits per heavy atom. The monoisotopic (exact) mass is 704 g/mol. The van der Waals surface area contributed by atoms with Crippen molar-refractivity contribution in [3.05, 3.63) is 132 Å². The van der Waals surface area contributed by atoms with Crippen molar-refractivity contribution in [1.82, 2.24) is 19.9 Å². The summed E-state index contributed by atoms with van der Waals surface area (Å²) in [5.41, 5.74) is 3.72. The van der Waals surface area contributed by atoms with E-state index in [2.05, 4.69) is 19.9 Å². The average Bonchev–Trinajstić information content (AvgIpc) is 3.14. The number of aromatic nitrogens is 4. The standard InChI is InChI=1S/C37H29ClN6O5S/c1-2-24-13-15-32-35(34(24)37-41-20-8-21-42-37)44(27-10-4-6-12-30(27)48-32)49-50(45,46)33(36-39-18-7-19-40-36)17-22-43-26-9-3-5-11-29(26)47-31-16-14-25(38)23-28(31)43/h3-16,18-21,23,33H,2,17,22H2,1H3. The van der Waals surface area contributed by atoms with Crippen molar-refractivity contribution < 1.29 is 22.2 Å². The second-order valence-electron chi connectivity index (χ2n) is 11.5. The van der Waals surface area contributed by atoms with Gasteiger partial charge in [-0.15, -0.1) is 4.28 Å². The third-order valence-corrected chi connectivity index (χ3v) is 10.2. The van der Waals surface area contributed by atoms with Crippen LogP contribution in [-0.2, 0) is 20.8 Å². The van der Waals surface area contributed by atoms with Crippen LogP contribution in [0.4, 0.5) is 22.7 Å². The highest BCUT2D eigenvalue weighted by Gasteiger charge is 2.39. The molecule has 0 saturated heterocycles. The van der Waals surface area contributed by atoms with Gasteiger partial charge in [-0.3, -0.25) is 0 Å². The number of aryl methyl sites for hydroxylation is 1. The van der Waals surface area contributed by atoms with Gasteiger partial charge < -0.3 is 14.4 Å². The predicted molar refractivity (Wildman–Crippen MR) is 190 cm³/mol. The predicted octanol–water partition coefficient (Wildman–Crippen LogP) is 8.73. The molecule has 6 aromatic rings. The minimum atomic E-state index is -4.52. The Morgan fingerprint density at radius 1 is 0.740 bits per heavy atom. The Morgan fingerprint density at radius 3 is 2.10 bits per heavy atom. The van der Waals surface area contributed by atoms with Gasteiger partial charge in [0, 0.05) is 36.4 Å². The summed E-state index contributed by atoms with van der Waals surface area (Å²) >= 11 is 6.43. The third-order valence-electron chi connectivity index (χ3n) is 8.51. The largest absolute Gasteiger partial charge is 0.453 e. The lowest BCUT2D eigenvalue weighted by atomic mass is 10.00. The molecule has 2 aliphatic heterocycles. The molecule has 0 N–H and O–H groups in total. The zero-order valence-electron chi connectivity index (χ0n) is 26.7. The van der Waals surface area contributed by atoms with Gasteiger partial charge in [-0.25, -0.2) is 19.9 Å². The van der Waals surface area contributed by atoms with Crippen molar-refractivity contribution in [2.24, 2.45) is 0 Å². The second-order valence-corrected chi connectivity index (χ2v) is 13.7. The molecule has 0 saturated carbocycles. The Hall–Kier alpha value is -5.56. The van der Waals surface area contributed by atoms with Crippen LogP contribution in [-0.4, -0.2) is 34.9 Å². The number of para-hydroxylation sites is 4. The molecule has 2 aliphatic rings. The lowest BCUT2D eigenvalue weighted by Crippen LogP contribution is -2.32. The molecular weight excluding hydrogens is 676 g/mol. The van der Waals surface area contributed by atoms with E-state index in [1.165, 1.54) is 17.5 Å². The number of hydrogen-bond acceptors (Lipinski definition) is 11. The van der Waals surface area contributed by atoms with E-state index in [1.807, 2.05) is 48.2 Å². The Labute approximate surface area is 293 Å². The average molecular weight is 705 g/mol. The Balaban J connectivity index is 1.22. The van der Waals surface area contributed by atoms with Gasteiger partial charge in [0.05, 0.1) is 16.9 Å². The molecule has 2 aromatic heterocycles. The van der Waals surface area contributed by atoms with Gasteiger partial charge in [-0.2, -0.15) is 13.5 Å². The highest BCUT2D eigenvalue weighted by molar-refractivity contribution is 7.87.